The standard InChI is InChI=1S/C54H54BN3/c1-35-16-14-19-39(30-35)56-46-31-36(2)22-24-43(46)55-44-21-15-20-41-50(44)58(54(6)29-13-10-26-51(41,54)3)48-34-40(33-47(56)49(48)55)57-45-25-23-38(37-17-8-7-9-18-37)32-42(45)52(4)27-11-12-28-53(52,57)5/h7-9,14-25,30-34H,10-13,26-29H2,1-6H3. The summed E-state index contributed by atoms with van der Waals surface area (Å²) in [6.07, 6.45) is 9.89. The first kappa shape index (κ1) is 34.8. The van der Waals surface area contributed by atoms with Crippen LogP contribution >= 0.6 is 0 Å². The summed E-state index contributed by atoms with van der Waals surface area (Å²) in [5.41, 5.74) is 22.1. The Balaban J connectivity index is 1.18. The maximum absolute atomic E-state index is 2.90. The molecule has 0 amide bonds. The number of fused-ring (bicyclic) bond motifs is 10. The molecule has 6 aromatic rings. The minimum absolute atomic E-state index is 0.0162. The van der Waals surface area contributed by atoms with Crippen molar-refractivity contribution in [1.82, 2.24) is 0 Å². The van der Waals surface area contributed by atoms with E-state index >= 15 is 0 Å². The lowest BCUT2D eigenvalue weighted by Crippen LogP contribution is -2.64. The van der Waals surface area contributed by atoms with Gasteiger partial charge in [0, 0.05) is 50.6 Å². The van der Waals surface area contributed by atoms with E-state index in [4.69, 9.17) is 0 Å². The molecule has 0 aromatic heterocycles. The number of hydrogen-bond acceptors (Lipinski definition) is 3. The zero-order valence-corrected chi connectivity index (χ0v) is 35.1. The SMILES string of the molecule is Cc1cccc(N2c3cc(C)ccc3B3c4cccc5c4N(c4cc(N6c7ccc(-c8ccccc8)cc7C7(C)CCCCC67C)cc2c43)C2(C)CCCCC52C)c1. The molecule has 0 bridgehead atoms. The predicted octanol–water partition coefficient (Wildman–Crippen LogP) is 12.1. The molecule has 2 aliphatic carbocycles. The van der Waals surface area contributed by atoms with Gasteiger partial charge in [-0.05, 0) is 146 Å². The van der Waals surface area contributed by atoms with Gasteiger partial charge in [0.2, 0.25) is 0 Å². The van der Waals surface area contributed by atoms with Gasteiger partial charge < -0.3 is 14.7 Å². The molecule has 4 aliphatic heterocycles. The van der Waals surface area contributed by atoms with Crippen molar-refractivity contribution in [2.45, 2.75) is 115 Å². The molecule has 4 heterocycles. The van der Waals surface area contributed by atoms with Crippen LogP contribution in [0.5, 0.6) is 0 Å². The Morgan fingerprint density at radius 3 is 1.93 bits per heavy atom. The fraction of sp³-hybridized carbons (Fsp3) is 0.333. The molecule has 3 nitrogen and oxygen atoms in total. The van der Waals surface area contributed by atoms with Crippen molar-refractivity contribution in [2.24, 2.45) is 0 Å². The van der Waals surface area contributed by atoms with E-state index in [2.05, 4.69) is 178 Å². The van der Waals surface area contributed by atoms with Gasteiger partial charge in [-0.15, -0.1) is 0 Å². The van der Waals surface area contributed by atoms with E-state index in [0.29, 0.717) is 0 Å². The third-order valence-electron chi connectivity index (χ3n) is 16.8. The van der Waals surface area contributed by atoms with Crippen molar-refractivity contribution >= 4 is 62.9 Å². The van der Waals surface area contributed by atoms with E-state index in [1.54, 1.807) is 5.56 Å². The van der Waals surface area contributed by atoms with Gasteiger partial charge in [-0.3, -0.25) is 0 Å². The van der Waals surface area contributed by atoms with E-state index < -0.39 is 0 Å². The molecule has 2 fully saturated rings. The van der Waals surface area contributed by atoms with Gasteiger partial charge in [0.25, 0.3) is 6.71 Å². The molecule has 0 N–H and O–H groups in total. The van der Waals surface area contributed by atoms with Crippen molar-refractivity contribution < 1.29 is 0 Å². The molecule has 2 saturated carbocycles. The summed E-state index contributed by atoms with van der Waals surface area (Å²) in [4.78, 5) is 8.38. The molecule has 4 unspecified atom stereocenters. The summed E-state index contributed by atoms with van der Waals surface area (Å²) in [5.74, 6) is 0. The highest BCUT2D eigenvalue weighted by Gasteiger charge is 2.62. The molecule has 12 rings (SSSR count). The Morgan fingerprint density at radius 2 is 1.16 bits per heavy atom. The number of anilines is 7. The van der Waals surface area contributed by atoms with E-state index in [1.807, 2.05) is 0 Å². The lowest BCUT2D eigenvalue weighted by molar-refractivity contribution is 0.194. The summed E-state index contributed by atoms with van der Waals surface area (Å²) in [7, 11) is 0. The summed E-state index contributed by atoms with van der Waals surface area (Å²) in [5, 5.41) is 0. The summed E-state index contributed by atoms with van der Waals surface area (Å²) in [6.45, 7) is 15.1. The van der Waals surface area contributed by atoms with E-state index in [-0.39, 0.29) is 28.6 Å². The zero-order chi connectivity index (χ0) is 39.3. The van der Waals surface area contributed by atoms with E-state index in [9.17, 15) is 0 Å². The third-order valence-corrected chi connectivity index (χ3v) is 16.8. The van der Waals surface area contributed by atoms with Gasteiger partial charge in [-0.1, -0.05) is 118 Å². The molecule has 58 heavy (non-hydrogen) atoms. The second kappa shape index (κ2) is 11.7. The maximum atomic E-state index is 2.90. The highest BCUT2D eigenvalue weighted by Crippen LogP contribution is 2.65. The topological polar surface area (TPSA) is 9.72 Å². The van der Waals surface area contributed by atoms with Gasteiger partial charge in [0.15, 0.2) is 0 Å². The molecule has 6 aliphatic rings. The fourth-order valence-corrected chi connectivity index (χ4v) is 13.5. The number of rotatable bonds is 3. The van der Waals surface area contributed by atoms with Crippen LogP contribution in [0.4, 0.5) is 39.8 Å². The van der Waals surface area contributed by atoms with E-state index in [1.165, 1.54) is 135 Å². The first-order valence-corrected chi connectivity index (χ1v) is 22.1. The highest BCUT2D eigenvalue weighted by molar-refractivity contribution is 7.00. The largest absolute Gasteiger partial charge is 0.335 e. The number of para-hydroxylation sites is 1. The molecule has 0 radical (unpaired) electrons. The van der Waals surface area contributed by atoms with Crippen molar-refractivity contribution in [3.63, 3.8) is 0 Å². The maximum Gasteiger partial charge on any atom is 0.252 e. The van der Waals surface area contributed by atoms with Crippen LogP contribution in [0.15, 0.2) is 121 Å². The van der Waals surface area contributed by atoms with Crippen LogP contribution in [-0.4, -0.2) is 17.8 Å². The number of nitrogens with zero attached hydrogens (tertiary/aromatic N) is 3. The van der Waals surface area contributed by atoms with Crippen molar-refractivity contribution in [2.75, 3.05) is 14.7 Å². The number of hydrogen-bond donors (Lipinski definition) is 0. The lowest BCUT2D eigenvalue weighted by atomic mass is 9.33. The Bertz CT molecular complexity index is 2720. The van der Waals surface area contributed by atoms with Gasteiger partial charge in [0.1, 0.15) is 0 Å². The smallest absolute Gasteiger partial charge is 0.252 e. The normalized spacial score (nSPS) is 27.1. The summed E-state index contributed by atoms with van der Waals surface area (Å²) in [6, 6.07) is 47.5. The van der Waals surface area contributed by atoms with Gasteiger partial charge in [-0.2, -0.15) is 0 Å². The van der Waals surface area contributed by atoms with Crippen molar-refractivity contribution in [1.29, 1.82) is 0 Å². The second-order valence-corrected chi connectivity index (χ2v) is 19.7. The van der Waals surface area contributed by atoms with Gasteiger partial charge in [0.05, 0.1) is 11.1 Å². The van der Waals surface area contributed by atoms with Crippen LogP contribution < -0.4 is 31.1 Å². The average molecular weight is 756 g/mol. The van der Waals surface area contributed by atoms with Crippen LogP contribution in [0, 0.1) is 13.8 Å². The van der Waals surface area contributed by atoms with Crippen molar-refractivity contribution in [3.05, 3.63) is 144 Å². The second-order valence-electron chi connectivity index (χ2n) is 19.7. The molecule has 6 aromatic carbocycles. The molecular formula is C54H54BN3. The Hall–Kier alpha value is -5.22. The van der Waals surface area contributed by atoms with Crippen LogP contribution in [0.3, 0.4) is 0 Å². The average Bonchev–Trinajstić information content (AvgIpc) is 3.57. The molecule has 4 atom stereocenters. The van der Waals surface area contributed by atoms with Crippen LogP contribution in [-0.2, 0) is 10.8 Å². The molecule has 0 saturated heterocycles. The first-order valence-electron chi connectivity index (χ1n) is 22.1. The van der Waals surface area contributed by atoms with Crippen molar-refractivity contribution in [3.8, 4) is 11.1 Å². The lowest BCUT2D eigenvalue weighted by Gasteiger charge is -2.53. The van der Waals surface area contributed by atoms with Crippen LogP contribution in [0.2, 0.25) is 0 Å². The highest BCUT2D eigenvalue weighted by atomic mass is 15.3. The fourth-order valence-electron chi connectivity index (χ4n) is 13.5. The molecular weight excluding hydrogens is 701 g/mol. The van der Waals surface area contributed by atoms with Gasteiger partial charge in [-0.25, -0.2) is 0 Å². The van der Waals surface area contributed by atoms with Crippen LogP contribution in [0.1, 0.15) is 101 Å². The number of aryl methyl sites for hydroxylation is 2. The molecule has 0 spiro atoms. The minimum atomic E-state index is -0.0768. The van der Waals surface area contributed by atoms with Crippen LogP contribution in [0.25, 0.3) is 11.1 Å². The van der Waals surface area contributed by atoms with E-state index in [0.717, 1.165) is 0 Å². The zero-order valence-electron chi connectivity index (χ0n) is 35.1. The number of benzene rings is 6. The Kier molecular flexibility index (Phi) is 7.03. The summed E-state index contributed by atoms with van der Waals surface area (Å²) < 4.78 is 0. The molecule has 288 valence electrons. The monoisotopic (exact) mass is 755 g/mol. The Labute approximate surface area is 345 Å². The summed E-state index contributed by atoms with van der Waals surface area (Å²) >= 11 is 0. The van der Waals surface area contributed by atoms with Gasteiger partial charge >= 0.3 is 0 Å². The predicted molar refractivity (Wildman–Crippen MR) is 246 cm³/mol. The molecule has 4 heteroatoms. The quantitative estimate of drug-likeness (QED) is 0.166. The Morgan fingerprint density at radius 1 is 0.466 bits per heavy atom. The third kappa shape index (κ3) is 4.22. The first-order chi connectivity index (χ1) is 28.1. The minimum Gasteiger partial charge on any atom is -0.335 e.